The fraction of sp³-hybridized carbons (Fsp3) is 0.212. The van der Waals surface area contributed by atoms with Gasteiger partial charge in [0, 0.05) is 97.2 Å². The zero-order chi connectivity index (χ0) is 106. The van der Waals surface area contributed by atoms with Gasteiger partial charge in [0.05, 0.1) is 18.1 Å². The van der Waals surface area contributed by atoms with Gasteiger partial charge in [0.1, 0.15) is 123 Å². The molecule has 0 fully saturated rings. The van der Waals surface area contributed by atoms with Gasteiger partial charge in [-0.15, -0.1) is 0 Å². The minimum atomic E-state index is -1.34. The summed E-state index contributed by atoms with van der Waals surface area (Å²) < 4.78 is 153. The predicted molar refractivity (Wildman–Crippen MR) is 523 cm³/mol. The molecule has 0 radical (unpaired) electrons. The minimum Gasteiger partial charge on any atom is -0.480 e. The highest BCUT2D eigenvalue weighted by atomic mass is 32.2. The van der Waals surface area contributed by atoms with Crippen molar-refractivity contribution in [3.63, 3.8) is 0 Å². The van der Waals surface area contributed by atoms with E-state index in [4.69, 9.17) is 43.0 Å². The number of carbonyl (C=O) groups is 16. The van der Waals surface area contributed by atoms with Crippen molar-refractivity contribution in [2.24, 2.45) is 0 Å². The van der Waals surface area contributed by atoms with E-state index in [0.717, 1.165) is 47.9 Å². The smallest absolute Gasteiger partial charge is 0.372 e. The fourth-order valence-electron chi connectivity index (χ4n) is 12.4. The summed E-state index contributed by atoms with van der Waals surface area (Å²) in [6.45, 7) is 13.4. The van der Waals surface area contributed by atoms with Crippen LogP contribution in [0.25, 0.3) is 44.5 Å². The first-order chi connectivity index (χ1) is 68.7. The third-order valence-electron chi connectivity index (χ3n) is 19.3. The van der Waals surface area contributed by atoms with Crippen LogP contribution >= 0.6 is 47.0 Å². The summed E-state index contributed by atoms with van der Waals surface area (Å²) in [6.07, 6.45) is 0. The number of esters is 4. The summed E-state index contributed by atoms with van der Waals surface area (Å²) in [6, 6.07) is 50.5. The Morgan fingerprint density at radius 1 is 0.290 bits per heavy atom. The van der Waals surface area contributed by atoms with Crippen LogP contribution < -0.4 is 40.2 Å². The van der Waals surface area contributed by atoms with Crippen molar-refractivity contribution in [3.8, 4) is 67.5 Å². The van der Waals surface area contributed by atoms with E-state index in [1.807, 2.05) is 18.2 Å². The van der Waals surface area contributed by atoms with Crippen LogP contribution in [-0.2, 0) is 77.1 Å². The van der Waals surface area contributed by atoms with Gasteiger partial charge in [-0.3, -0.25) is 33.6 Å². The monoisotopic (exact) mass is 2080 g/mol. The van der Waals surface area contributed by atoms with Crippen molar-refractivity contribution in [2.75, 3.05) is 23.0 Å². The van der Waals surface area contributed by atoms with Crippen molar-refractivity contribution < 1.29 is 155 Å². The Bertz CT molecular complexity index is 6140. The lowest BCUT2D eigenvalue weighted by atomic mass is 10.0. The van der Waals surface area contributed by atoms with Crippen molar-refractivity contribution in [1.29, 1.82) is 0 Å². The molecule has 4 atom stereocenters. The molecule has 41 heteroatoms. The van der Waals surface area contributed by atoms with Gasteiger partial charge in [-0.1, -0.05) is 115 Å². The summed E-state index contributed by atoms with van der Waals surface area (Å²) in [5.41, 5.74) is 1.64. The SMILES string of the molecule is CC(=O)NC(CSC(=O)Oc1ccc(-c2ccc(F)cc2F)cc1C(=O)OCc1ccccc1)C(C)=O.CC(=O)N[C@@H](CSC(=O)Oc1ccc(-c2ccc(F)cc2F)cc1C(=O)OC(C)(C)C)C(=O)O.CC(=O)N[C@@H](CSC(=O)Oc1ccc(-c2ccc(F)cc2F)cc1C(=O)OCc1ccccc1)C(C)=O.CC(=O)N[C@H](CSC(=O)Oc1ccc(-c2ccc(F)cc2F)cc1C(=O)OCc1ccccc1)C(C)=O. The maximum absolute atomic E-state index is 14.4. The number of rotatable bonds is 34. The molecule has 0 aliphatic carbocycles. The number of hydrogen-bond acceptors (Lipinski definition) is 28. The Labute approximate surface area is 841 Å². The predicted octanol–water partition coefficient (Wildman–Crippen LogP) is 20.4. The molecule has 4 amide bonds. The molecule has 29 nitrogen and oxygen atoms in total. The van der Waals surface area contributed by atoms with E-state index in [0.29, 0.717) is 71.3 Å². The number of hydrogen-bond donors (Lipinski definition) is 5. The molecule has 11 rings (SSSR count). The number of thioether (sulfide) groups is 4. The van der Waals surface area contributed by atoms with Gasteiger partial charge in [-0.05, 0) is 225 Å². The lowest BCUT2D eigenvalue weighted by molar-refractivity contribution is -0.140. The Morgan fingerprint density at radius 2 is 0.510 bits per heavy atom. The van der Waals surface area contributed by atoms with E-state index >= 15 is 0 Å². The standard InChI is InChI=1S/3C27H23F2NO6S.C23H23F2NO7S/c3*1-16(31)24(30-17(2)32)15-37-27(34)36-25-11-8-19(21-10-9-20(28)13-23(21)29)12-22(25)26(33)35-14-18-6-4-3-5-7-18;1-12(27)26-18(20(28)29)11-34-22(31)32-19-8-5-13(15-7-6-14(24)10-17(15)25)9-16(19)21(30)33-23(2,3)4/h3*3-13,24H,14-15H2,1-2H3,(H,30,32);5-10,18H,11H2,1-4H3,(H,26,27)(H,28,29)/t2*24-;;18-/m10.0/s1. The van der Waals surface area contributed by atoms with Crippen LogP contribution in [-0.4, -0.2) is 150 Å². The van der Waals surface area contributed by atoms with Gasteiger partial charge in [0.25, 0.3) is 0 Å². The van der Waals surface area contributed by atoms with Gasteiger partial charge in [0.2, 0.25) is 23.6 Å². The molecule has 11 aromatic carbocycles. The number of carbonyl (C=O) groups excluding carboxylic acids is 15. The van der Waals surface area contributed by atoms with E-state index in [1.165, 1.54) is 139 Å². The van der Waals surface area contributed by atoms with Gasteiger partial charge in [-0.25, -0.2) is 78.3 Å². The zero-order valence-corrected chi connectivity index (χ0v) is 81.9. The molecule has 5 N–H and O–H groups in total. The molecule has 0 heterocycles. The first kappa shape index (κ1) is 115. The van der Waals surface area contributed by atoms with Crippen molar-refractivity contribution in [3.05, 3.63) is 322 Å². The molecule has 1 unspecified atom stereocenters. The second-order valence-electron chi connectivity index (χ2n) is 31.9. The maximum Gasteiger partial charge on any atom is 0.372 e. The molecule has 0 aliphatic rings. The second-order valence-corrected chi connectivity index (χ2v) is 35.7. The van der Waals surface area contributed by atoms with Crippen LogP contribution in [0.15, 0.2) is 237 Å². The van der Waals surface area contributed by atoms with E-state index in [1.54, 1.807) is 93.6 Å². The van der Waals surface area contributed by atoms with E-state index < -0.39 is 151 Å². The number of ether oxygens (including phenoxy) is 8. The number of carboxylic acids is 1. The molecule has 0 aromatic heterocycles. The first-order valence-corrected chi connectivity index (χ1v) is 47.1. The summed E-state index contributed by atoms with van der Waals surface area (Å²) in [5.74, 6) is -15.2. The first-order valence-electron chi connectivity index (χ1n) is 43.1. The number of ketones is 3. The Hall–Kier alpha value is -15.6. The fourth-order valence-corrected chi connectivity index (χ4v) is 15.4. The van der Waals surface area contributed by atoms with Gasteiger partial charge < -0.3 is 64.3 Å². The van der Waals surface area contributed by atoms with Crippen LogP contribution in [0.2, 0.25) is 0 Å². The normalized spacial score (nSPS) is 11.5. The third-order valence-corrected chi connectivity index (χ3v) is 22.6. The topological polar surface area (TPSA) is 415 Å². The molecule has 0 aliphatic heterocycles. The highest BCUT2D eigenvalue weighted by Gasteiger charge is 2.31. The molecule has 145 heavy (non-hydrogen) atoms. The molecule has 0 saturated heterocycles. The Balaban J connectivity index is 0.000000236. The number of aliphatic carboxylic acids is 1. The number of carboxylic acid groups (broad SMARTS) is 1. The van der Waals surface area contributed by atoms with Crippen molar-refractivity contribution in [1.82, 2.24) is 21.3 Å². The van der Waals surface area contributed by atoms with Crippen molar-refractivity contribution >= 4 is 139 Å². The molecule has 758 valence electrons. The average Bonchev–Trinajstić information content (AvgIpc) is 0.821. The molecule has 0 bridgehead atoms. The van der Waals surface area contributed by atoms with Gasteiger partial charge in [-0.2, -0.15) is 0 Å². The highest BCUT2D eigenvalue weighted by Crippen LogP contribution is 2.37. The number of benzene rings is 11. The minimum absolute atomic E-state index is 0.0121. The Kier molecular flexibility index (Phi) is 44.0. The van der Waals surface area contributed by atoms with Crippen LogP contribution in [0.5, 0.6) is 23.0 Å². The zero-order valence-electron chi connectivity index (χ0n) is 78.7. The van der Waals surface area contributed by atoms with Crippen LogP contribution in [0.3, 0.4) is 0 Å². The number of halogens is 8. The molecule has 11 aromatic rings. The Morgan fingerprint density at radius 3 is 0.717 bits per heavy atom. The van der Waals surface area contributed by atoms with Crippen LogP contribution in [0, 0.1) is 46.5 Å². The quantitative estimate of drug-likeness (QED) is 0.0142. The molecule has 0 saturated carbocycles. The molecular weight excluding hydrogens is 1990 g/mol. The highest BCUT2D eigenvalue weighted by molar-refractivity contribution is 8.14. The number of Topliss-reactive ketones (excluding diaryl/α,β-unsaturated/α-hetero) is 3. The number of amides is 4. The summed E-state index contributed by atoms with van der Waals surface area (Å²) in [7, 11) is 0. The van der Waals surface area contributed by atoms with Crippen LogP contribution in [0.1, 0.15) is 127 Å². The summed E-state index contributed by atoms with van der Waals surface area (Å²) in [4.78, 5) is 193. The van der Waals surface area contributed by atoms with Crippen LogP contribution in [0.4, 0.5) is 54.3 Å². The van der Waals surface area contributed by atoms with Gasteiger partial charge in [0.15, 0.2) is 17.3 Å². The maximum atomic E-state index is 14.4. The van der Waals surface area contributed by atoms with E-state index in [-0.39, 0.29) is 150 Å². The van der Waals surface area contributed by atoms with Gasteiger partial charge >= 0.3 is 51.1 Å². The third kappa shape index (κ3) is 38.0. The largest absolute Gasteiger partial charge is 0.480 e. The van der Waals surface area contributed by atoms with E-state index in [9.17, 15) is 112 Å². The number of nitrogens with one attached hydrogen (secondary N) is 4. The molecule has 0 spiro atoms. The second kappa shape index (κ2) is 55.7. The lowest BCUT2D eigenvalue weighted by Gasteiger charge is -2.21. The molecular formula is C104H92F8N4O25S4. The van der Waals surface area contributed by atoms with E-state index in [2.05, 4.69) is 21.3 Å². The average molecular weight is 2080 g/mol. The lowest BCUT2D eigenvalue weighted by Crippen LogP contribution is -2.41. The summed E-state index contributed by atoms with van der Waals surface area (Å²) >= 11 is 2.38. The summed E-state index contributed by atoms with van der Waals surface area (Å²) in [5, 5.41) is 15.2. The van der Waals surface area contributed by atoms with Crippen molar-refractivity contribution in [2.45, 2.75) is 119 Å².